The predicted octanol–water partition coefficient (Wildman–Crippen LogP) is 4.26. The van der Waals surface area contributed by atoms with Gasteiger partial charge in [-0.2, -0.15) is 0 Å². The molecular weight excluding hydrogens is 280 g/mol. The Hall–Kier alpha value is -1.75. The molecule has 0 radical (unpaired) electrons. The Morgan fingerprint density at radius 1 is 1.09 bits per heavy atom. The first-order valence-electron chi connectivity index (χ1n) is 7.51. The second-order valence-electron chi connectivity index (χ2n) is 6.81. The number of ether oxygens (including phenoxy) is 2. The minimum absolute atomic E-state index is 0.180. The predicted molar refractivity (Wildman–Crippen MR) is 90.5 cm³/mol. The largest absolute Gasteiger partial charge is 0.444 e. The lowest BCUT2D eigenvalue weighted by molar-refractivity contribution is 0.0185. The van der Waals surface area contributed by atoms with Gasteiger partial charge in [-0.3, -0.25) is 5.32 Å². The third-order valence-electron chi connectivity index (χ3n) is 3.16. The summed E-state index contributed by atoms with van der Waals surface area (Å²) in [5.74, 6) is 0. The fourth-order valence-corrected chi connectivity index (χ4v) is 1.76. The number of benzene rings is 1. The van der Waals surface area contributed by atoms with Crippen molar-refractivity contribution in [2.75, 3.05) is 24.3 Å². The van der Waals surface area contributed by atoms with Gasteiger partial charge in [0.15, 0.2) is 0 Å². The average molecular weight is 308 g/mol. The summed E-state index contributed by atoms with van der Waals surface area (Å²) < 4.78 is 10.7. The first-order chi connectivity index (χ1) is 10.1. The Labute approximate surface area is 133 Å². The highest BCUT2D eigenvalue weighted by atomic mass is 16.6. The van der Waals surface area contributed by atoms with Crippen LogP contribution in [0, 0.1) is 0 Å². The van der Waals surface area contributed by atoms with Crippen molar-refractivity contribution < 1.29 is 14.3 Å². The standard InChI is InChI=1S/C17H28N2O3/c1-16(2,3)22-15(20)19-14-10-8-7-9-13(14)18-12-11-17(4,5)21-6/h7-10,18H,11-12H2,1-6H3,(H,19,20). The zero-order valence-corrected chi connectivity index (χ0v) is 14.4. The van der Waals surface area contributed by atoms with E-state index in [9.17, 15) is 4.79 Å². The highest BCUT2D eigenvalue weighted by molar-refractivity contribution is 5.89. The lowest BCUT2D eigenvalue weighted by Crippen LogP contribution is -2.28. The number of amides is 1. The van der Waals surface area contributed by atoms with Crippen molar-refractivity contribution in [3.63, 3.8) is 0 Å². The van der Waals surface area contributed by atoms with Crippen LogP contribution in [0.4, 0.5) is 16.2 Å². The summed E-state index contributed by atoms with van der Waals surface area (Å²) in [5.41, 5.74) is 0.863. The molecule has 0 saturated heterocycles. The summed E-state index contributed by atoms with van der Waals surface area (Å²) in [7, 11) is 1.71. The second-order valence-corrected chi connectivity index (χ2v) is 6.81. The van der Waals surface area contributed by atoms with E-state index in [0.29, 0.717) is 5.69 Å². The quantitative estimate of drug-likeness (QED) is 0.824. The number of methoxy groups -OCH3 is 1. The van der Waals surface area contributed by atoms with E-state index in [4.69, 9.17) is 9.47 Å². The minimum atomic E-state index is -0.519. The second kappa shape index (κ2) is 7.49. The Bertz CT molecular complexity index is 493. The van der Waals surface area contributed by atoms with Gasteiger partial charge in [0, 0.05) is 13.7 Å². The maximum atomic E-state index is 11.9. The van der Waals surface area contributed by atoms with Gasteiger partial charge in [-0.15, -0.1) is 0 Å². The van der Waals surface area contributed by atoms with Crippen LogP contribution in [-0.2, 0) is 9.47 Å². The Kier molecular flexibility index (Phi) is 6.23. The summed E-state index contributed by atoms with van der Waals surface area (Å²) in [6.07, 6.45) is 0.392. The molecule has 0 bridgehead atoms. The van der Waals surface area contributed by atoms with E-state index < -0.39 is 11.7 Å². The lowest BCUT2D eigenvalue weighted by atomic mass is 10.1. The fraction of sp³-hybridized carbons (Fsp3) is 0.588. The molecule has 0 fully saturated rings. The van der Waals surface area contributed by atoms with Crippen LogP contribution >= 0.6 is 0 Å². The first kappa shape index (κ1) is 18.3. The first-order valence-corrected chi connectivity index (χ1v) is 7.51. The van der Waals surface area contributed by atoms with Crippen LogP contribution in [0.15, 0.2) is 24.3 Å². The van der Waals surface area contributed by atoms with Crippen LogP contribution in [0.3, 0.4) is 0 Å². The Morgan fingerprint density at radius 3 is 2.23 bits per heavy atom. The summed E-state index contributed by atoms with van der Waals surface area (Å²) in [5, 5.41) is 6.10. The maximum absolute atomic E-state index is 11.9. The number of rotatable bonds is 6. The normalized spacial score (nSPS) is 11.9. The molecule has 0 saturated carbocycles. The summed E-state index contributed by atoms with van der Waals surface area (Å²) in [6.45, 7) is 10.3. The van der Waals surface area contributed by atoms with Crippen LogP contribution in [0.1, 0.15) is 41.0 Å². The number of hydrogen-bond donors (Lipinski definition) is 2. The number of carbonyl (C=O) groups is 1. The SMILES string of the molecule is COC(C)(C)CCNc1ccccc1NC(=O)OC(C)(C)C. The smallest absolute Gasteiger partial charge is 0.412 e. The van der Waals surface area contributed by atoms with E-state index in [-0.39, 0.29) is 5.60 Å². The van der Waals surface area contributed by atoms with Gasteiger partial charge < -0.3 is 14.8 Å². The topological polar surface area (TPSA) is 59.6 Å². The third kappa shape index (κ3) is 6.80. The molecule has 22 heavy (non-hydrogen) atoms. The van der Waals surface area contributed by atoms with Gasteiger partial charge in [-0.05, 0) is 53.2 Å². The third-order valence-corrected chi connectivity index (χ3v) is 3.16. The van der Waals surface area contributed by atoms with Crippen molar-refractivity contribution in [3.05, 3.63) is 24.3 Å². The molecule has 1 rings (SSSR count). The van der Waals surface area contributed by atoms with Crippen molar-refractivity contribution in [2.24, 2.45) is 0 Å². The van der Waals surface area contributed by atoms with E-state index in [2.05, 4.69) is 10.6 Å². The molecule has 0 aliphatic carbocycles. The van der Waals surface area contributed by atoms with Crippen molar-refractivity contribution in [1.82, 2.24) is 0 Å². The average Bonchev–Trinajstić information content (AvgIpc) is 2.38. The molecule has 0 heterocycles. The monoisotopic (exact) mass is 308 g/mol. The van der Waals surface area contributed by atoms with Gasteiger partial charge in [0.1, 0.15) is 5.60 Å². The van der Waals surface area contributed by atoms with Crippen LogP contribution in [0.2, 0.25) is 0 Å². The molecule has 0 aromatic heterocycles. The highest BCUT2D eigenvalue weighted by Crippen LogP contribution is 2.23. The van der Waals surface area contributed by atoms with Gasteiger partial charge in [0.05, 0.1) is 17.0 Å². The zero-order chi connectivity index (χ0) is 16.8. The van der Waals surface area contributed by atoms with E-state index in [1.54, 1.807) is 7.11 Å². The van der Waals surface area contributed by atoms with Gasteiger partial charge in [0.25, 0.3) is 0 Å². The van der Waals surface area contributed by atoms with Gasteiger partial charge in [-0.1, -0.05) is 12.1 Å². The van der Waals surface area contributed by atoms with E-state index in [1.165, 1.54) is 0 Å². The highest BCUT2D eigenvalue weighted by Gasteiger charge is 2.18. The van der Waals surface area contributed by atoms with Crippen LogP contribution in [0.5, 0.6) is 0 Å². The van der Waals surface area contributed by atoms with Gasteiger partial charge in [-0.25, -0.2) is 4.79 Å². The molecule has 1 amide bonds. The summed E-state index contributed by atoms with van der Waals surface area (Å²) in [6, 6.07) is 7.56. The molecule has 5 heteroatoms. The van der Waals surface area contributed by atoms with Gasteiger partial charge in [0.2, 0.25) is 0 Å². The van der Waals surface area contributed by atoms with E-state index >= 15 is 0 Å². The number of para-hydroxylation sites is 2. The Morgan fingerprint density at radius 2 is 1.68 bits per heavy atom. The molecule has 0 spiro atoms. The van der Waals surface area contributed by atoms with Crippen LogP contribution in [0.25, 0.3) is 0 Å². The van der Waals surface area contributed by atoms with E-state index in [0.717, 1.165) is 18.7 Å². The van der Waals surface area contributed by atoms with Crippen molar-refractivity contribution in [1.29, 1.82) is 0 Å². The molecule has 0 atom stereocenters. The fourth-order valence-electron chi connectivity index (χ4n) is 1.76. The van der Waals surface area contributed by atoms with Crippen molar-refractivity contribution in [2.45, 2.75) is 52.2 Å². The number of carbonyl (C=O) groups excluding carboxylic acids is 1. The Balaban J connectivity index is 2.64. The zero-order valence-electron chi connectivity index (χ0n) is 14.4. The summed E-state index contributed by atoms with van der Waals surface area (Å²) in [4.78, 5) is 11.9. The molecule has 5 nitrogen and oxygen atoms in total. The van der Waals surface area contributed by atoms with Crippen molar-refractivity contribution in [3.8, 4) is 0 Å². The molecule has 0 unspecified atom stereocenters. The molecule has 0 aliphatic rings. The van der Waals surface area contributed by atoms with Crippen LogP contribution in [-0.4, -0.2) is 30.9 Å². The van der Waals surface area contributed by atoms with Crippen LogP contribution < -0.4 is 10.6 Å². The molecule has 1 aromatic carbocycles. The molecule has 1 aromatic rings. The summed E-state index contributed by atoms with van der Waals surface area (Å²) >= 11 is 0. The van der Waals surface area contributed by atoms with E-state index in [1.807, 2.05) is 58.9 Å². The molecule has 2 N–H and O–H groups in total. The molecule has 124 valence electrons. The minimum Gasteiger partial charge on any atom is -0.444 e. The number of anilines is 2. The van der Waals surface area contributed by atoms with Gasteiger partial charge >= 0.3 is 6.09 Å². The number of hydrogen-bond acceptors (Lipinski definition) is 4. The lowest BCUT2D eigenvalue weighted by Gasteiger charge is -2.24. The molecule has 0 aliphatic heterocycles. The molecular formula is C17H28N2O3. The maximum Gasteiger partial charge on any atom is 0.412 e. The number of nitrogens with one attached hydrogen (secondary N) is 2. The van der Waals surface area contributed by atoms with Crippen molar-refractivity contribution >= 4 is 17.5 Å².